The number of piperidine rings is 1. The molecule has 1 N–H and O–H groups in total. The molecule has 0 spiro atoms. The number of H-pyrrole nitrogens is 1. The fraction of sp³-hybridized carbons (Fsp3) is 0.412. The fourth-order valence-corrected chi connectivity index (χ4v) is 7.67. The number of aromatic nitrogens is 3. The second kappa shape index (κ2) is 13.1. The quantitative estimate of drug-likeness (QED) is 0.219. The number of rotatable bonds is 10. The normalized spacial score (nSPS) is 17.0. The highest BCUT2D eigenvalue weighted by Gasteiger charge is 2.26. The van der Waals surface area contributed by atoms with E-state index in [9.17, 15) is 0 Å². The van der Waals surface area contributed by atoms with Crippen molar-refractivity contribution in [1.29, 1.82) is 0 Å². The molecule has 0 amide bonds. The van der Waals surface area contributed by atoms with E-state index in [0.29, 0.717) is 6.04 Å². The highest BCUT2D eigenvalue weighted by molar-refractivity contribution is 7.19. The molecule has 43 heavy (non-hydrogen) atoms. The summed E-state index contributed by atoms with van der Waals surface area (Å²) in [5.74, 6) is 1.83. The van der Waals surface area contributed by atoms with Crippen molar-refractivity contribution in [3.8, 4) is 11.4 Å². The van der Waals surface area contributed by atoms with Crippen molar-refractivity contribution >= 4 is 38.3 Å². The highest BCUT2D eigenvalue weighted by atomic mass is 32.1. The molecular formula is C34H40N6O2S. The van der Waals surface area contributed by atoms with E-state index in [2.05, 4.69) is 80.3 Å². The van der Waals surface area contributed by atoms with E-state index < -0.39 is 0 Å². The predicted octanol–water partition coefficient (Wildman–Crippen LogP) is 5.79. The zero-order chi connectivity index (χ0) is 29.0. The lowest BCUT2D eigenvalue weighted by atomic mass is 10.0. The minimum Gasteiger partial charge on any atom is -0.383 e. The molecule has 9 heteroatoms. The number of benzene rings is 2. The Morgan fingerprint density at radius 2 is 1.84 bits per heavy atom. The van der Waals surface area contributed by atoms with Crippen molar-refractivity contribution in [1.82, 2.24) is 24.8 Å². The van der Waals surface area contributed by atoms with Gasteiger partial charge in [-0.25, -0.2) is 9.97 Å². The van der Waals surface area contributed by atoms with Crippen LogP contribution in [0.25, 0.3) is 32.5 Å². The van der Waals surface area contributed by atoms with Gasteiger partial charge in [-0.05, 0) is 36.6 Å². The van der Waals surface area contributed by atoms with Gasteiger partial charge in [0.2, 0.25) is 0 Å². The minimum absolute atomic E-state index is 0.575. The molecule has 2 aliphatic heterocycles. The number of hydrogen-bond donors (Lipinski definition) is 1. The molecule has 7 rings (SSSR count). The Labute approximate surface area is 257 Å². The summed E-state index contributed by atoms with van der Waals surface area (Å²) in [6.07, 6.45) is 4.33. The molecule has 2 fully saturated rings. The van der Waals surface area contributed by atoms with E-state index in [0.717, 1.165) is 99.3 Å². The molecule has 5 heterocycles. The van der Waals surface area contributed by atoms with Crippen molar-refractivity contribution < 1.29 is 9.47 Å². The molecule has 0 radical (unpaired) electrons. The van der Waals surface area contributed by atoms with Crippen LogP contribution in [0.15, 0.2) is 66.9 Å². The second-order valence-corrected chi connectivity index (χ2v) is 12.7. The number of hydrogen-bond acceptors (Lipinski definition) is 8. The summed E-state index contributed by atoms with van der Waals surface area (Å²) in [5.41, 5.74) is 4.59. The average molecular weight is 597 g/mol. The summed E-state index contributed by atoms with van der Waals surface area (Å²) in [6.45, 7) is 9.02. The molecule has 0 saturated carbocycles. The van der Waals surface area contributed by atoms with Crippen LogP contribution in [0.1, 0.15) is 23.3 Å². The van der Waals surface area contributed by atoms with Crippen LogP contribution in [0.2, 0.25) is 0 Å². The van der Waals surface area contributed by atoms with Crippen LogP contribution in [0.4, 0.5) is 5.82 Å². The lowest BCUT2D eigenvalue weighted by Crippen LogP contribution is -2.45. The summed E-state index contributed by atoms with van der Waals surface area (Å²) in [4.78, 5) is 22.6. The van der Waals surface area contributed by atoms with E-state index in [1.54, 1.807) is 7.11 Å². The summed E-state index contributed by atoms with van der Waals surface area (Å²) in [7, 11) is 1.80. The van der Waals surface area contributed by atoms with Gasteiger partial charge in [0.25, 0.3) is 0 Å². The van der Waals surface area contributed by atoms with Crippen LogP contribution in [0.3, 0.4) is 0 Å². The molecule has 8 nitrogen and oxygen atoms in total. The van der Waals surface area contributed by atoms with Crippen molar-refractivity contribution in [3.05, 3.63) is 77.3 Å². The molecule has 2 aromatic carbocycles. The van der Waals surface area contributed by atoms with E-state index >= 15 is 0 Å². The summed E-state index contributed by atoms with van der Waals surface area (Å²) < 4.78 is 12.3. The van der Waals surface area contributed by atoms with Crippen LogP contribution >= 0.6 is 11.3 Å². The lowest BCUT2D eigenvalue weighted by molar-refractivity contribution is 0.0720. The number of methoxy groups -OCH3 is 1. The maximum Gasteiger partial charge on any atom is 0.162 e. The van der Waals surface area contributed by atoms with Gasteiger partial charge in [0.05, 0.1) is 30.0 Å². The van der Waals surface area contributed by atoms with Crippen molar-refractivity contribution in [2.24, 2.45) is 0 Å². The maximum absolute atomic E-state index is 5.68. The standard InChI is InChI=1S/C34H40N6O2S/c1-41-19-16-40(23-25-6-3-2-4-7-25)26-11-14-38(15-12-26)24-27-22-31-32(43-27)34(39-17-20-42-21-18-39)37-33(36-31)29-8-5-9-30-28(29)10-13-35-30/h2-10,13,22,26,35H,11-12,14-21,23-24H2,1H3. The molecule has 0 bridgehead atoms. The zero-order valence-corrected chi connectivity index (χ0v) is 25.7. The molecule has 3 aromatic heterocycles. The average Bonchev–Trinajstić information content (AvgIpc) is 3.71. The van der Waals surface area contributed by atoms with Crippen molar-refractivity contribution in [2.75, 3.05) is 64.6 Å². The number of ether oxygens (including phenoxy) is 2. The van der Waals surface area contributed by atoms with Gasteiger partial charge in [-0.2, -0.15) is 0 Å². The monoisotopic (exact) mass is 596 g/mol. The first-order valence-corrected chi connectivity index (χ1v) is 16.3. The van der Waals surface area contributed by atoms with Gasteiger partial charge >= 0.3 is 0 Å². The van der Waals surface area contributed by atoms with Crippen molar-refractivity contribution in [3.63, 3.8) is 0 Å². The van der Waals surface area contributed by atoms with Crippen LogP contribution in [-0.2, 0) is 22.6 Å². The third kappa shape index (κ3) is 6.32. The third-order valence-electron chi connectivity index (χ3n) is 8.82. The molecule has 0 aliphatic carbocycles. The number of anilines is 1. The lowest BCUT2D eigenvalue weighted by Gasteiger charge is -2.38. The number of aromatic amines is 1. The van der Waals surface area contributed by atoms with Gasteiger partial charge in [0.1, 0.15) is 0 Å². The number of nitrogens with zero attached hydrogens (tertiary/aromatic N) is 5. The first kappa shape index (κ1) is 28.4. The van der Waals surface area contributed by atoms with Crippen LogP contribution < -0.4 is 4.90 Å². The SMILES string of the molecule is COCCN(Cc1ccccc1)C1CCN(Cc2cc3nc(-c4cccc5[nH]ccc45)nc(N4CCOCC4)c3s2)CC1. The van der Waals surface area contributed by atoms with Gasteiger partial charge in [0.15, 0.2) is 11.6 Å². The van der Waals surface area contributed by atoms with E-state index in [4.69, 9.17) is 19.4 Å². The topological polar surface area (TPSA) is 69.8 Å². The van der Waals surface area contributed by atoms with Crippen LogP contribution in [0, 0.1) is 0 Å². The Morgan fingerprint density at radius 1 is 1.00 bits per heavy atom. The largest absolute Gasteiger partial charge is 0.383 e. The molecule has 224 valence electrons. The molecular weight excluding hydrogens is 556 g/mol. The minimum atomic E-state index is 0.575. The highest BCUT2D eigenvalue weighted by Crippen LogP contribution is 2.36. The van der Waals surface area contributed by atoms with E-state index in [1.165, 1.54) is 28.0 Å². The second-order valence-electron chi connectivity index (χ2n) is 11.6. The van der Waals surface area contributed by atoms with E-state index in [1.807, 2.05) is 17.5 Å². The molecule has 5 aromatic rings. The van der Waals surface area contributed by atoms with Crippen LogP contribution in [0.5, 0.6) is 0 Å². The number of thiophene rings is 1. The third-order valence-corrected chi connectivity index (χ3v) is 9.92. The molecule has 2 saturated heterocycles. The van der Waals surface area contributed by atoms with E-state index in [-0.39, 0.29) is 0 Å². The Kier molecular flexibility index (Phi) is 8.67. The number of morpholine rings is 1. The van der Waals surface area contributed by atoms with Gasteiger partial charge in [-0.15, -0.1) is 11.3 Å². The first-order valence-electron chi connectivity index (χ1n) is 15.4. The molecule has 0 atom stereocenters. The van der Waals surface area contributed by atoms with Crippen molar-refractivity contribution in [2.45, 2.75) is 32.0 Å². The number of nitrogens with one attached hydrogen (secondary N) is 1. The Hall–Kier alpha value is -3.34. The van der Waals surface area contributed by atoms with Gasteiger partial charge < -0.3 is 19.4 Å². The van der Waals surface area contributed by atoms with Crippen LogP contribution in [-0.4, -0.2) is 90.4 Å². The Morgan fingerprint density at radius 3 is 2.65 bits per heavy atom. The fourth-order valence-electron chi connectivity index (χ4n) is 6.51. The number of fused-ring (bicyclic) bond motifs is 2. The maximum atomic E-state index is 5.68. The number of likely N-dealkylation sites (tertiary alicyclic amines) is 1. The Bertz CT molecular complexity index is 1640. The molecule has 2 aliphatic rings. The first-order chi connectivity index (χ1) is 21.2. The molecule has 0 unspecified atom stereocenters. The summed E-state index contributed by atoms with van der Waals surface area (Å²) in [6, 6.07) is 22.1. The smallest absolute Gasteiger partial charge is 0.162 e. The Balaban J connectivity index is 1.10. The summed E-state index contributed by atoms with van der Waals surface area (Å²) >= 11 is 1.86. The van der Waals surface area contributed by atoms with Gasteiger partial charge in [0, 0.05) is 86.5 Å². The zero-order valence-electron chi connectivity index (χ0n) is 24.9. The predicted molar refractivity (Wildman–Crippen MR) is 175 cm³/mol. The summed E-state index contributed by atoms with van der Waals surface area (Å²) in [5, 5.41) is 1.15. The van der Waals surface area contributed by atoms with Gasteiger partial charge in [-0.3, -0.25) is 9.80 Å². The van der Waals surface area contributed by atoms with Gasteiger partial charge in [-0.1, -0.05) is 42.5 Å².